The molecule has 0 aliphatic carbocycles. The highest BCUT2D eigenvalue weighted by molar-refractivity contribution is 7.99. The fourth-order valence-electron chi connectivity index (χ4n) is 1.75. The van der Waals surface area contributed by atoms with Gasteiger partial charge in [0.25, 0.3) is 0 Å². The van der Waals surface area contributed by atoms with E-state index in [1.54, 1.807) is 11.8 Å². The molecule has 2 unspecified atom stereocenters. The van der Waals surface area contributed by atoms with E-state index in [9.17, 15) is 8.78 Å². The molecule has 0 aliphatic rings. The quantitative estimate of drug-likeness (QED) is 0.624. The maximum atomic E-state index is 13.8. The Morgan fingerprint density at radius 3 is 2.62 bits per heavy atom. The van der Waals surface area contributed by atoms with Crippen LogP contribution in [0.4, 0.5) is 8.78 Å². The number of hydrogen-bond donors (Lipinski definition) is 2. The molecule has 0 heterocycles. The molecular formula is C15H23F2N3S. The average molecular weight is 315 g/mol. The zero-order valence-electron chi connectivity index (χ0n) is 12.9. The number of halogens is 2. The van der Waals surface area contributed by atoms with Crippen LogP contribution in [0.1, 0.15) is 32.4 Å². The lowest BCUT2D eigenvalue weighted by atomic mass is 10.1. The van der Waals surface area contributed by atoms with E-state index in [1.165, 1.54) is 12.1 Å². The van der Waals surface area contributed by atoms with Gasteiger partial charge in [-0.15, -0.1) is 0 Å². The van der Waals surface area contributed by atoms with E-state index < -0.39 is 11.6 Å². The third kappa shape index (κ3) is 5.91. The standard InChI is InChI=1S/C15H23F2N3S/c1-5-18-15(19-9-10(2)21-4)20-11(3)13-7-6-12(16)8-14(13)17/h6-8,10-11H,5,9H2,1-4H3,(H2,18,19,20). The van der Waals surface area contributed by atoms with Gasteiger partial charge in [-0.25, -0.2) is 8.78 Å². The van der Waals surface area contributed by atoms with E-state index in [0.29, 0.717) is 23.3 Å². The average Bonchev–Trinajstić information content (AvgIpc) is 2.44. The van der Waals surface area contributed by atoms with Crippen molar-refractivity contribution in [1.82, 2.24) is 10.6 Å². The minimum atomic E-state index is -0.571. The Balaban J connectivity index is 2.77. The Morgan fingerprint density at radius 1 is 1.33 bits per heavy atom. The molecule has 0 spiro atoms. The molecule has 0 aliphatic heterocycles. The molecule has 0 bridgehead atoms. The van der Waals surface area contributed by atoms with Crippen molar-refractivity contribution in [3.05, 3.63) is 35.4 Å². The SMILES string of the molecule is CCNC(=NCC(C)SC)NC(C)c1ccc(F)cc1F. The third-order valence-corrected chi connectivity index (χ3v) is 3.99. The van der Waals surface area contributed by atoms with Crippen molar-refractivity contribution in [3.63, 3.8) is 0 Å². The molecule has 2 atom stereocenters. The fourth-order valence-corrected chi connectivity index (χ4v) is 1.97. The molecule has 6 heteroatoms. The number of benzene rings is 1. The molecule has 118 valence electrons. The molecule has 3 nitrogen and oxygen atoms in total. The van der Waals surface area contributed by atoms with Crippen LogP contribution < -0.4 is 10.6 Å². The van der Waals surface area contributed by atoms with Gasteiger partial charge in [-0.2, -0.15) is 11.8 Å². The Labute approximate surface area is 129 Å². The fraction of sp³-hybridized carbons (Fsp3) is 0.533. The first-order valence-electron chi connectivity index (χ1n) is 7.00. The number of guanidine groups is 1. The maximum Gasteiger partial charge on any atom is 0.191 e. The highest BCUT2D eigenvalue weighted by Gasteiger charge is 2.13. The Morgan fingerprint density at radius 2 is 2.05 bits per heavy atom. The first-order chi connectivity index (χ1) is 9.97. The summed E-state index contributed by atoms with van der Waals surface area (Å²) < 4.78 is 26.7. The number of nitrogens with zero attached hydrogens (tertiary/aromatic N) is 1. The van der Waals surface area contributed by atoms with Gasteiger partial charge >= 0.3 is 0 Å². The third-order valence-electron chi connectivity index (χ3n) is 3.04. The first kappa shape index (κ1) is 17.8. The number of hydrogen-bond acceptors (Lipinski definition) is 2. The Bertz CT molecular complexity index is 480. The van der Waals surface area contributed by atoms with Crippen molar-refractivity contribution in [2.75, 3.05) is 19.3 Å². The van der Waals surface area contributed by atoms with Crippen LogP contribution in [0.2, 0.25) is 0 Å². The molecule has 1 aromatic carbocycles. The highest BCUT2D eigenvalue weighted by atomic mass is 32.2. The van der Waals surface area contributed by atoms with Gasteiger partial charge in [-0.3, -0.25) is 4.99 Å². The van der Waals surface area contributed by atoms with Gasteiger partial charge in [0.2, 0.25) is 0 Å². The lowest BCUT2D eigenvalue weighted by molar-refractivity contribution is 0.551. The van der Waals surface area contributed by atoms with Gasteiger partial charge < -0.3 is 10.6 Å². The van der Waals surface area contributed by atoms with E-state index in [-0.39, 0.29) is 6.04 Å². The lowest BCUT2D eigenvalue weighted by Gasteiger charge is -2.19. The lowest BCUT2D eigenvalue weighted by Crippen LogP contribution is -2.39. The van der Waals surface area contributed by atoms with Crippen molar-refractivity contribution in [3.8, 4) is 0 Å². The summed E-state index contributed by atoms with van der Waals surface area (Å²) in [6.45, 7) is 7.29. The molecule has 0 aromatic heterocycles. The summed E-state index contributed by atoms with van der Waals surface area (Å²) in [6, 6.07) is 3.31. The molecule has 0 saturated heterocycles. The van der Waals surface area contributed by atoms with Crippen LogP contribution >= 0.6 is 11.8 Å². The second kappa shape index (κ2) is 8.87. The summed E-state index contributed by atoms with van der Waals surface area (Å²) >= 11 is 1.74. The number of thioether (sulfide) groups is 1. The van der Waals surface area contributed by atoms with E-state index in [4.69, 9.17) is 0 Å². The topological polar surface area (TPSA) is 36.4 Å². The van der Waals surface area contributed by atoms with E-state index in [2.05, 4.69) is 22.5 Å². The molecule has 0 fully saturated rings. The summed E-state index contributed by atoms with van der Waals surface area (Å²) in [5, 5.41) is 6.68. The molecule has 2 N–H and O–H groups in total. The largest absolute Gasteiger partial charge is 0.357 e. The van der Waals surface area contributed by atoms with Gasteiger partial charge in [0.15, 0.2) is 5.96 Å². The summed E-state index contributed by atoms with van der Waals surface area (Å²) in [4.78, 5) is 4.47. The van der Waals surface area contributed by atoms with Gasteiger partial charge in [0.05, 0.1) is 12.6 Å². The zero-order chi connectivity index (χ0) is 15.8. The molecule has 0 saturated carbocycles. The van der Waals surface area contributed by atoms with Crippen LogP contribution in [0.5, 0.6) is 0 Å². The molecular weight excluding hydrogens is 292 g/mol. The highest BCUT2D eigenvalue weighted by Crippen LogP contribution is 2.17. The van der Waals surface area contributed by atoms with Crippen LogP contribution in [-0.2, 0) is 0 Å². The second-order valence-electron chi connectivity index (χ2n) is 4.80. The first-order valence-corrected chi connectivity index (χ1v) is 8.29. The van der Waals surface area contributed by atoms with Crippen LogP contribution in [0.15, 0.2) is 23.2 Å². The van der Waals surface area contributed by atoms with Crippen molar-refractivity contribution in [2.24, 2.45) is 4.99 Å². The predicted octanol–water partition coefficient (Wildman–Crippen LogP) is 3.33. The molecule has 0 amide bonds. The normalized spacial score (nSPS) is 14.7. The van der Waals surface area contributed by atoms with Gasteiger partial charge in [0.1, 0.15) is 11.6 Å². The van der Waals surface area contributed by atoms with E-state index >= 15 is 0 Å². The van der Waals surface area contributed by atoms with Crippen LogP contribution in [0.3, 0.4) is 0 Å². The second-order valence-corrected chi connectivity index (χ2v) is 6.07. The van der Waals surface area contributed by atoms with Crippen molar-refractivity contribution >= 4 is 17.7 Å². The number of nitrogens with one attached hydrogen (secondary N) is 2. The summed E-state index contributed by atoms with van der Waals surface area (Å²) in [5.41, 5.74) is 0.417. The van der Waals surface area contributed by atoms with Gasteiger partial charge in [-0.1, -0.05) is 13.0 Å². The van der Waals surface area contributed by atoms with Crippen LogP contribution in [0, 0.1) is 11.6 Å². The molecule has 21 heavy (non-hydrogen) atoms. The minimum Gasteiger partial charge on any atom is -0.357 e. The monoisotopic (exact) mass is 315 g/mol. The Kier molecular flexibility index (Phi) is 7.50. The predicted molar refractivity (Wildman–Crippen MR) is 86.9 cm³/mol. The van der Waals surface area contributed by atoms with E-state index in [0.717, 1.165) is 12.6 Å². The van der Waals surface area contributed by atoms with Crippen molar-refractivity contribution < 1.29 is 8.78 Å². The molecule has 0 radical (unpaired) electrons. The Hall–Kier alpha value is -1.30. The molecule has 1 aromatic rings. The smallest absolute Gasteiger partial charge is 0.191 e. The van der Waals surface area contributed by atoms with E-state index in [1.807, 2.05) is 20.1 Å². The zero-order valence-corrected chi connectivity index (χ0v) is 13.7. The van der Waals surface area contributed by atoms with Gasteiger partial charge in [-0.05, 0) is 26.2 Å². The summed E-state index contributed by atoms with van der Waals surface area (Å²) in [7, 11) is 0. The number of rotatable bonds is 6. The summed E-state index contributed by atoms with van der Waals surface area (Å²) in [5.74, 6) is -0.490. The summed E-state index contributed by atoms with van der Waals surface area (Å²) in [6.07, 6.45) is 2.04. The van der Waals surface area contributed by atoms with Gasteiger partial charge in [0, 0.05) is 23.4 Å². The van der Waals surface area contributed by atoms with Crippen molar-refractivity contribution in [2.45, 2.75) is 32.1 Å². The van der Waals surface area contributed by atoms with Crippen LogP contribution in [0.25, 0.3) is 0 Å². The maximum absolute atomic E-state index is 13.8. The molecule has 1 rings (SSSR count). The van der Waals surface area contributed by atoms with Crippen LogP contribution in [-0.4, -0.2) is 30.6 Å². The number of aliphatic imine (C=N–C) groups is 1. The minimum absolute atomic E-state index is 0.298. The van der Waals surface area contributed by atoms with Crippen molar-refractivity contribution in [1.29, 1.82) is 0 Å².